The van der Waals surface area contributed by atoms with Crippen molar-refractivity contribution in [2.24, 2.45) is 0 Å². The van der Waals surface area contributed by atoms with Gasteiger partial charge < -0.3 is 5.73 Å². The number of halogens is 1. The summed E-state index contributed by atoms with van der Waals surface area (Å²) in [6, 6.07) is 17.9. The van der Waals surface area contributed by atoms with Gasteiger partial charge in [0.1, 0.15) is 5.82 Å². The molecular formula is C18H12FN. The highest BCUT2D eigenvalue weighted by Crippen LogP contribution is 2.21. The van der Waals surface area contributed by atoms with Crippen LogP contribution in [0.3, 0.4) is 0 Å². The number of hydrogen-bond acceptors (Lipinski definition) is 1. The Morgan fingerprint density at radius 3 is 2.40 bits per heavy atom. The Hall–Kier alpha value is -2.79. The smallest absolute Gasteiger partial charge is 0.131 e. The van der Waals surface area contributed by atoms with Gasteiger partial charge in [0.25, 0.3) is 0 Å². The maximum atomic E-state index is 13.7. The predicted molar refractivity (Wildman–Crippen MR) is 80.7 cm³/mol. The van der Waals surface area contributed by atoms with Crippen molar-refractivity contribution in [3.63, 3.8) is 0 Å². The molecule has 3 aromatic carbocycles. The molecule has 2 N–H and O–H groups in total. The average Bonchev–Trinajstić information content (AvgIpc) is 2.47. The molecule has 0 amide bonds. The molecule has 0 bridgehead atoms. The highest BCUT2D eigenvalue weighted by atomic mass is 19.1. The van der Waals surface area contributed by atoms with E-state index >= 15 is 0 Å². The van der Waals surface area contributed by atoms with E-state index in [-0.39, 0.29) is 5.82 Å². The van der Waals surface area contributed by atoms with Crippen molar-refractivity contribution in [2.45, 2.75) is 0 Å². The first-order valence-corrected chi connectivity index (χ1v) is 6.29. The van der Waals surface area contributed by atoms with E-state index in [2.05, 4.69) is 11.8 Å². The molecule has 0 spiro atoms. The summed E-state index contributed by atoms with van der Waals surface area (Å²) in [7, 11) is 0. The van der Waals surface area contributed by atoms with E-state index in [0.29, 0.717) is 11.1 Å². The van der Waals surface area contributed by atoms with E-state index in [0.717, 1.165) is 16.5 Å². The monoisotopic (exact) mass is 261 g/mol. The van der Waals surface area contributed by atoms with Crippen LogP contribution in [0.15, 0.2) is 60.7 Å². The van der Waals surface area contributed by atoms with Gasteiger partial charge in [0.15, 0.2) is 0 Å². The molecular weight excluding hydrogens is 249 g/mol. The second-order valence-corrected chi connectivity index (χ2v) is 4.52. The summed E-state index contributed by atoms with van der Waals surface area (Å²) in [6.45, 7) is 0. The van der Waals surface area contributed by atoms with Crippen molar-refractivity contribution in [2.75, 3.05) is 5.73 Å². The third kappa shape index (κ3) is 2.34. The molecule has 0 saturated heterocycles. The molecule has 0 saturated carbocycles. The second-order valence-electron chi connectivity index (χ2n) is 4.52. The highest BCUT2D eigenvalue weighted by Gasteiger charge is 2.02. The van der Waals surface area contributed by atoms with Crippen LogP contribution in [0.5, 0.6) is 0 Å². The summed E-state index contributed by atoms with van der Waals surface area (Å²) in [4.78, 5) is 0. The molecule has 0 aliphatic rings. The van der Waals surface area contributed by atoms with Crippen molar-refractivity contribution in [3.8, 4) is 11.8 Å². The number of benzene rings is 3. The molecule has 0 radical (unpaired) electrons. The van der Waals surface area contributed by atoms with Crippen LogP contribution in [0, 0.1) is 17.7 Å². The van der Waals surface area contributed by atoms with Gasteiger partial charge in [-0.2, -0.15) is 0 Å². The predicted octanol–water partition coefficient (Wildman–Crippen LogP) is 3.96. The van der Waals surface area contributed by atoms with Gasteiger partial charge in [-0.1, -0.05) is 42.2 Å². The normalized spacial score (nSPS) is 10.1. The van der Waals surface area contributed by atoms with E-state index in [1.807, 2.05) is 42.5 Å². The lowest BCUT2D eigenvalue weighted by atomic mass is 10.0. The fraction of sp³-hybridized carbons (Fsp3) is 0. The van der Waals surface area contributed by atoms with Crippen molar-refractivity contribution in [1.29, 1.82) is 0 Å². The quantitative estimate of drug-likeness (QED) is 0.481. The molecule has 2 heteroatoms. The van der Waals surface area contributed by atoms with E-state index in [1.54, 1.807) is 12.1 Å². The molecule has 3 rings (SSSR count). The summed E-state index contributed by atoms with van der Waals surface area (Å²) < 4.78 is 13.7. The van der Waals surface area contributed by atoms with Crippen LogP contribution < -0.4 is 5.73 Å². The Labute approximate surface area is 116 Å². The average molecular weight is 261 g/mol. The number of nitrogens with two attached hydrogens (primary N) is 1. The molecule has 20 heavy (non-hydrogen) atoms. The third-order valence-electron chi connectivity index (χ3n) is 3.10. The first-order chi connectivity index (χ1) is 9.74. The molecule has 0 unspecified atom stereocenters. The van der Waals surface area contributed by atoms with Gasteiger partial charge in [-0.15, -0.1) is 0 Å². The van der Waals surface area contributed by atoms with E-state index in [9.17, 15) is 4.39 Å². The molecule has 0 atom stereocenters. The Bertz CT molecular complexity index is 841. The van der Waals surface area contributed by atoms with Gasteiger partial charge in [0, 0.05) is 27.6 Å². The molecule has 0 fully saturated rings. The first-order valence-electron chi connectivity index (χ1n) is 6.29. The zero-order valence-electron chi connectivity index (χ0n) is 10.7. The highest BCUT2D eigenvalue weighted by molar-refractivity contribution is 5.88. The van der Waals surface area contributed by atoms with Crippen molar-refractivity contribution in [3.05, 3.63) is 77.6 Å². The molecule has 0 heterocycles. The van der Waals surface area contributed by atoms with Crippen LogP contribution in [0.1, 0.15) is 11.1 Å². The van der Waals surface area contributed by atoms with Gasteiger partial charge >= 0.3 is 0 Å². The maximum absolute atomic E-state index is 13.7. The molecule has 3 aromatic rings. The molecule has 0 aromatic heterocycles. The SMILES string of the molecule is Nc1cccc(C#Cc2ccc(F)c3ccccc23)c1. The van der Waals surface area contributed by atoms with E-state index < -0.39 is 0 Å². The van der Waals surface area contributed by atoms with Gasteiger partial charge in [0.2, 0.25) is 0 Å². The van der Waals surface area contributed by atoms with Crippen LogP contribution in [0.2, 0.25) is 0 Å². The summed E-state index contributed by atoms with van der Waals surface area (Å²) >= 11 is 0. The van der Waals surface area contributed by atoms with Crippen LogP contribution in [-0.2, 0) is 0 Å². The Balaban J connectivity index is 2.11. The molecule has 0 aliphatic heterocycles. The summed E-state index contributed by atoms with van der Waals surface area (Å²) in [5, 5.41) is 1.41. The lowest BCUT2D eigenvalue weighted by molar-refractivity contribution is 0.640. The minimum Gasteiger partial charge on any atom is -0.399 e. The van der Waals surface area contributed by atoms with Gasteiger partial charge in [-0.25, -0.2) is 4.39 Å². The van der Waals surface area contributed by atoms with Crippen LogP contribution >= 0.6 is 0 Å². The second kappa shape index (κ2) is 5.07. The van der Waals surface area contributed by atoms with Crippen molar-refractivity contribution in [1.82, 2.24) is 0 Å². The van der Waals surface area contributed by atoms with Crippen LogP contribution in [0.25, 0.3) is 10.8 Å². The van der Waals surface area contributed by atoms with Crippen LogP contribution in [0.4, 0.5) is 10.1 Å². The van der Waals surface area contributed by atoms with E-state index in [4.69, 9.17) is 5.73 Å². The van der Waals surface area contributed by atoms with Crippen molar-refractivity contribution < 1.29 is 4.39 Å². The minimum atomic E-state index is -0.227. The lowest BCUT2D eigenvalue weighted by Gasteiger charge is -2.01. The molecule has 96 valence electrons. The van der Waals surface area contributed by atoms with Gasteiger partial charge in [-0.3, -0.25) is 0 Å². The summed E-state index contributed by atoms with van der Waals surface area (Å²) in [6.07, 6.45) is 0. The summed E-state index contributed by atoms with van der Waals surface area (Å²) in [5.74, 6) is 5.92. The first kappa shape index (κ1) is 12.3. The largest absolute Gasteiger partial charge is 0.399 e. The number of anilines is 1. The standard InChI is InChI=1S/C18H12FN/c19-18-11-10-14(16-6-1-2-7-17(16)18)9-8-13-4-3-5-15(20)12-13/h1-7,10-12H,20H2. The topological polar surface area (TPSA) is 26.0 Å². The molecule has 0 aliphatic carbocycles. The fourth-order valence-corrected chi connectivity index (χ4v) is 2.13. The lowest BCUT2D eigenvalue weighted by Crippen LogP contribution is -1.86. The third-order valence-corrected chi connectivity index (χ3v) is 3.10. The van der Waals surface area contributed by atoms with Crippen LogP contribution in [-0.4, -0.2) is 0 Å². The fourth-order valence-electron chi connectivity index (χ4n) is 2.13. The van der Waals surface area contributed by atoms with E-state index in [1.165, 1.54) is 6.07 Å². The number of nitrogen functional groups attached to an aromatic ring is 1. The van der Waals surface area contributed by atoms with Gasteiger partial charge in [-0.05, 0) is 30.3 Å². The zero-order valence-corrected chi connectivity index (χ0v) is 10.7. The van der Waals surface area contributed by atoms with Gasteiger partial charge in [0.05, 0.1) is 0 Å². The van der Waals surface area contributed by atoms with Crippen molar-refractivity contribution >= 4 is 16.5 Å². The summed E-state index contributed by atoms with van der Waals surface area (Å²) in [5.41, 5.74) is 8.06. The number of rotatable bonds is 0. The Morgan fingerprint density at radius 2 is 1.60 bits per heavy atom. The Kier molecular flexibility index (Phi) is 3.10. The minimum absolute atomic E-state index is 0.227. The maximum Gasteiger partial charge on any atom is 0.131 e. The molecule has 1 nitrogen and oxygen atoms in total. The number of hydrogen-bond donors (Lipinski definition) is 1. The zero-order chi connectivity index (χ0) is 13.9. The Morgan fingerprint density at radius 1 is 0.800 bits per heavy atom. The number of fused-ring (bicyclic) bond motifs is 1.